The van der Waals surface area contributed by atoms with E-state index < -0.39 is 11.7 Å². The third kappa shape index (κ3) is 5.18. The number of halogens is 2. The fourth-order valence-corrected chi connectivity index (χ4v) is 3.59. The predicted octanol–water partition coefficient (Wildman–Crippen LogP) is 4.33. The first-order valence-electron chi connectivity index (χ1n) is 10.5. The van der Waals surface area contributed by atoms with Crippen LogP contribution < -0.4 is 15.4 Å². The molecule has 6 nitrogen and oxygen atoms in total. The molecule has 0 aromatic heterocycles. The molecule has 1 aliphatic carbocycles. The summed E-state index contributed by atoms with van der Waals surface area (Å²) in [5.74, 6) is -1.52. The van der Waals surface area contributed by atoms with Crippen molar-refractivity contribution in [1.29, 1.82) is 0 Å². The van der Waals surface area contributed by atoms with Crippen molar-refractivity contribution in [3.05, 3.63) is 94.2 Å². The van der Waals surface area contributed by atoms with Gasteiger partial charge >= 0.3 is 0 Å². The van der Waals surface area contributed by atoms with Crippen molar-refractivity contribution < 1.29 is 28.2 Å². The highest BCUT2D eigenvalue weighted by Crippen LogP contribution is 2.32. The van der Waals surface area contributed by atoms with Gasteiger partial charge in [-0.2, -0.15) is 0 Å². The molecule has 0 radical (unpaired) electrons. The minimum absolute atomic E-state index is 0.0234. The minimum Gasteiger partial charge on any atom is -0.488 e. The van der Waals surface area contributed by atoms with Crippen LogP contribution in [0.5, 0.6) is 5.75 Å². The average molecular weight is 452 g/mol. The van der Waals surface area contributed by atoms with Crippen molar-refractivity contribution in [3.8, 4) is 5.75 Å². The van der Waals surface area contributed by atoms with E-state index in [1.807, 2.05) is 0 Å². The van der Waals surface area contributed by atoms with Gasteiger partial charge in [0.15, 0.2) is 5.78 Å². The van der Waals surface area contributed by atoms with Crippen molar-refractivity contribution >= 4 is 17.4 Å². The largest absolute Gasteiger partial charge is 0.488 e. The first-order valence-corrected chi connectivity index (χ1v) is 10.5. The molecule has 3 N–H and O–H groups in total. The Balaban J connectivity index is 1.56. The van der Waals surface area contributed by atoms with Crippen molar-refractivity contribution in [2.24, 2.45) is 0 Å². The van der Waals surface area contributed by atoms with Crippen LogP contribution in [0.3, 0.4) is 0 Å². The van der Waals surface area contributed by atoms with Gasteiger partial charge in [0, 0.05) is 59.8 Å². The van der Waals surface area contributed by atoms with Gasteiger partial charge in [-0.25, -0.2) is 8.78 Å². The summed E-state index contributed by atoms with van der Waals surface area (Å²) < 4.78 is 33.0. The number of ether oxygens (including phenoxy) is 1. The Labute approximate surface area is 189 Å². The predicted molar refractivity (Wildman–Crippen MR) is 119 cm³/mol. The van der Waals surface area contributed by atoms with Crippen LogP contribution in [-0.4, -0.2) is 29.9 Å². The van der Waals surface area contributed by atoms with Crippen LogP contribution in [0.4, 0.5) is 14.5 Å². The summed E-state index contributed by atoms with van der Waals surface area (Å²) in [6, 6.07) is 9.75. The zero-order valence-corrected chi connectivity index (χ0v) is 17.7. The van der Waals surface area contributed by atoms with Gasteiger partial charge in [0.1, 0.15) is 24.0 Å². The highest BCUT2D eigenvalue weighted by atomic mass is 19.1. The molecule has 2 aliphatic rings. The summed E-state index contributed by atoms with van der Waals surface area (Å²) >= 11 is 0. The van der Waals surface area contributed by atoms with E-state index in [0.29, 0.717) is 52.4 Å². The summed E-state index contributed by atoms with van der Waals surface area (Å²) in [7, 11) is 0. The Kier molecular flexibility index (Phi) is 6.65. The van der Waals surface area contributed by atoms with Gasteiger partial charge in [-0.1, -0.05) is 6.07 Å². The first-order chi connectivity index (χ1) is 15.9. The van der Waals surface area contributed by atoms with E-state index >= 15 is 0 Å². The fraction of sp³-hybridized carbons (Fsp3) is 0.200. The third-order valence-electron chi connectivity index (χ3n) is 5.25. The molecule has 2 aromatic carbocycles. The third-order valence-corrected chi connectivity index (χ3v) is 5.25. The number of nitrogens with one attached hydrogen (secondary N) is 2. The highest BCUT2D eigenvalue weighted by molar-refractivity contribution is 6.13. The molecule has 0 bridgehead atoms. The van der Waals surface area contributed by atoms with Crippen LogP contribution in [0.15, 0.2) is 72.0 Å². The number of rotatable bonds is 6. The monoisotopic (exact) mass is 452 g/mol. The van der Waals surface area contributed by atoms with Crippen LogP contribution in [-0.2, 0) is 6.61 Å². The van der Waals surface area contributed by atoms with E-state index in [9.17, 15) is 18.4 Å². The minimum atomic E-state index is -0.667. The molecule has 0 saturated heterocycles. The Hall–Kier alpha value is -3.78. The lowest BCUT2D eigenvalue weighted by Gasteiger charge is -2.12. The van der Waals surface area contributed by atoms with Crippen LogP contribution >= 0.6 is 0 Å². The maximum absolute atomic E-state index is 13.7. The molecule has 1 heterocycles. The number of fused-ring (bicyclic) bond motifs is 2. The molecule has 0 saturated carbocycles. The summed E-state index contributed by atoms with van der Waals surface area (Å²) in [6.45, 7) is 0.447. The number of benzene rings is 2. The zero-order chi connectivity index (χ0) is 23.4. The molecule has 2 aromatic rings. The molecule has 0 fully saturated rings. The van der Waals surface area contributed by atoms with Crippen molar-refractivity contribution in [1.82, 2.24) is 5.32 Å². The average Bonchev–Trinajstić information content (AvgIpc) is 3.04. The number of hydrogen-bond donors (Lipinski definition) is 3. The number of carbonyl (C=O) groups is 2. The van der Waals surface area contributed by atoms with Gasteiger partial charge in [-0.3, -0.25) is 9.59 Å². The summed E-state index contributed by atoms with van der Waals surface area (Å²) in [4.78, 5) is 25.5. The summed E-state index contributed by atoms with van der Waals surface area (Å²) in [5, 5.41) is 14.6. The smallest absolute Gasteiger partial charge is 0.251 e. The maximum Gasteiger partial charge on any atom is 0.251 e. The molecule has 1 aliphatic heterocycles. The quantitative estimate of drug-likeness (QED) is 0.568. The standard InChI is InChI=1S/C25H22F2N2O4/c26-17-4-5-19(12-18(27)11-17)29-20-6-7-21-23(13-20)33-14-16-3-2-15(10-22(16)24(21)31)25(32)28-8-1-9-30/h2-7,10-11,13,29-30H,1,8-9,12,14H2,(H,28,32). The van der Waals surface area contributed by atoms with Crippen molar-refractivity contribution in [3.63, 3.8) is 0 Å². The van der Waals surface area contributed by atoms with Gasteiger partial charge in [-0.15, -0.1) is 0 Å². The van der Waals surface area contributed by atoms with Gasteiger partial charge in [0.2, 0.25) is 0 Å². The van der Waals surface area contributed by atoms with Crippen LogP contribution in [0.1, 0.15) is 44.7 Å². The number of aliphatic hydroxyl groups is 1. The number of carbonyl (C=O) groups excluding carboxylic acids is 2. The van der Waals surface area contributed by atoms with Crippen LogP contribution in [0, 0.1) is 0 Å². The second kappa shape index (κ2) is 9.79. The Morgan fingerprint density at radius 1 is 1.09 bits per heavy atom. The zero-order valence-electron chi connectivity index (χ0n) is 17.7. The number of allylic oxidation sites excluding steroid dienone is 5. The van der Waals surface area contributed by atoms with Crippen LogP contribution in [0.25, 0.3) is 0 Å². The summed E-state index contributed by atoms with van der Waals surface area (Å²) in [5.41, 5.74) is 2.73. The van der Waals surface area contributed by atoms with E-state index in [2.05, 4.69) is 10.6 Å². The molecular weight excluding hydrogens is 430 g/mol. The number of anilines is 1. The molecule has 8 heteroatoms. The lowest BCUT2D eigenvalue weighted by Crippen LogP contribution is -2.25. The van der Waals surface area contributed by atoms with Crippen molar-refractivity contribution in [2.45, 2.75) is 19.4 Å². The molecule has 1 amide bonds. The van der Waals surface area contributed by atoms with E-state index in [-0.39, 0.29) is 31.3 Å². The van der Waals surface area contributed by atoms with Gasteiger partial charge in [0.05, 0.1) is 5.56 Å². The molecule has 33 heavy (non-hydrogen) atoms. The number of amides is 1. The Bertz CT molecular complexity index is 1200. The van der Waals surface area contributed by atoms with Gasteiger partial charge in [-0.05, 0) is 42.8 Å². The second-order valence-electron chi connectivity index (χ2n) is 7.67. The van der Waals surface area contributed by atoms with Crippen molar-refractivity contribution in [2.75, 3.05) is 18.5 Å². The van der Waals surface area contributed by atoms with Gasteiger partial charge in [0.25, 0.3) is 5.91 Å². The number of hydrogen-bond acceptors (Lipinski definition) is 5. The molecular formula is C25H22F2N2O4. The summed E-state index contributed by atoms with van der Waals surface area (Å²) in [6.07, 6.45) is 3.82. The molecule has 0 spiro atoms. The van der Waals surface area contributed by atoms with E-state index in [1.165, 1.54) is 12.2 Å². The lowest BCUT2D eigenvalue weighted by molar-refractivity contribution is 0.0951. The molecule has 0 atom stereocenters. The Morgan fingerprint density at radius 3 is 2.76 bits per heavy atom. The maximum atomic E-state index is 13.7. The topological polar surface area (TPSA) is 87.7 Å². The lowest BCUT2D eigenvalue weighted by atomic mass is 9.96. The van der Waals surface area contributed by atoms with E-state index in [4.69, 9.17) is 9.84 Å². The highest BCUT2D eigenvalue weighted by Gasteiger charge is 2.24. The second-order valence-corrected chi connectivity index (χ2v) is 7.67. The number of ketones is 1. The SMILES string of the molecule is O=C(NCCCO)c1ccc2c(c1)C(=O)c1ccc(NC3=CC=C(F)C=C(F)C3)cc1OC2. The molecule has 0 unspecified atom stereocenters. The number of aliphatic hydroxyl groups excluding tert-OH is 1. The fourth-order valence-electron chi connectivity index (χ4n) is 3.59. The van der Waals surface area contributed by atoms with E-state index in [0.717, 1.165) is 6.08 Å². The van der Waals surface area contributed by atoms with Crippen LogP contribution in [0.2, 0.25) is 0 Å². The normalized spacial score (nSPS) is 15.0. The first kappa shape index (κ1) is 22.4. The Morgan fingerprint density at radius 2 is 1.94 bits per heavy atom. The molecule has 170 valence electrons. The van der Waals surface area contributed by atoms with Gasteiger partial charge < -0.3 is 20.5 Å². The van der Waals surface area contributed by atoms with E-state index in [1.54, 1.807) is 36.4 Å². The molecule has 4 rings (SSSR count).